The molecule has 1 saturated heterocycles. The first kappa shape index (κ1) is 18.9. The second-order valence-electron chi connectivity index (χ2n) is 7.42. The third-order valence-electron chi connectivity index (χ3n) is 5.54. The number of para-hydroxylation sites is 1. The molecular weight excluding hydrogens is 368 g/mol. The number of amides is 3. The fourth-order valence-corrected chi connectivity index (χ4v) is 4.03. The van der Waals surface area contributed by atoms with Gasteiger partial charge in [0.2, 0.25) is 11.8 Å². The second-order valence-corrected chi connectivity index (χ2v) is 7.42. The van der Waals surface area contributed by atoms with Crippen LogP contribution in [0.1, 0.15) is 30.1 Å². The van der Waals surface area contributed by atoms with Crippen LogP contribution in [-0.4, -0.2) is 24.8 Å². The van der Waals surface area contributed by atoms with Crippen LogP contribution in [0.25, 0.3) is 0 Å². The van der Waals surface area contributed by atoms with Gasteiger partial charge in [-0.1, -0.05) is 29.8 Å². The molecule has 1 aliphatic heterocycles. The number of allylic oxidation sites excluding steroid dienone is 2. The predicted octanol–water partition coefficient (Wildman–Crippen LogP) is 3.79. The number of carbonyl (C=O) groups excluding carboxylic acids is 3. The van der Waals surface area contributed by atoms with Crippen molar-refractivity contribution in [2.24, 2.45) is 11.8 Å². The molecule has 1 fully saturated rings. The van der Waals surface area contributed by atoms with E-state index in [1.165, 1.54) is 4.90 Å². The molecule has 2 aromatic carbocycles. The first-order chi connectivity index (χ1) is 14.0. The van der Waals surface area contributed by atoms with Crippen molar-refractivity contribution < 1.29 is 19.1 Å². The minimum Gasteiger partial charge on any atom is -0.497 e. The zero-order chi connectivity index (χ0) is 20.5. The number of anilines is 2. The van der Waals surface area contributed by atoms with Crippen LogP contribution in [0.2, 0.25) is 0 Å². The van der Waals surface area contributed by atoms with E-state index >= 15 is 0 Å². The van der Waals surface area contributed by atoms with Gasteiger partial charge < -0.3 is 10.1 Å². The summed E-state index contributed by atoms with van der Waals surface area (Å²) in [5.74, 6) is -0.922. The zero-order valence-corrected chi connectivity index (χ0v) is 16.3. The van der Waals surface area contributed by atoms with E-state index in [4.69, 9.17) is 4.74 Å². The molecule has 2 aromatic rings. The number of fused-ring (bicyclic) bond motifs is 1. The van der Waals surface area contributed by atoms with Crippen molar-refractivity contribution >= 4 is 29.1 Å². The average molecular weight is 390 g/mol. The molecule has 1 aliphatic carbocycles. The number of nitrogens with one attached hydrogen (secondary N) is 1. The molecule has 3 amide bonds. The molecule has 6 heteroatoms. The van der Waals surface area contributed by atoms with E-state index < -0.39 is 5.91 Å². The van der Waals surface area contributed by atoms with Crippen LogP contribution < -0.4 is 15.0 Å². The van der Waals surface area contributed by atoms with Gasteiger partial charge >= 0.3 is 0 Å². The lowest BCUT2D eigenvalue weighted by Crippen LogP contribution is -2.33. The number of hydrogen-bond donors (Lipinski definition) is 1. The minimum atomic E-state index is -0.390. The summed E-state index contributed by atoms with van der Waals surface area (Å²) >= 11 is 0. The molecule has 2 aliphatic rings. The van der Waals surface area contributed by atoms with Crippen molar-refractivity contribution in [1.29, 1.82) is 0 Å². The summed E-state index contributed by atoms with van der Waals surface area (Å²) in [5, 5.41) is 2.82. The molecular formula is C23H22N2O4. The zero-order valence-electron chi connectivity index (χ0n) is 16.3. The van der Waals surface area contributed by atoms with Crippen molar-refractivity contribution in [2.45, 2.75) is 19.8 Å². The molecule has 2 atom stereocenters. The SMILES string of the molecule is COc1cccc(NC(=O)c2ccccc2N2C(=O)[C@H]3CC=C(C)C[C@@H]3C2=O)c1. The Labute approximate surface area is 169 Å². The van der Waals surface area contributed by atoms with Crippen LogP contribution >= 0.6 is 0 Å². The molecule has 0 radical (unpaired) electrons. The van der Waals surface area contributed by atoms with Crippen LogP contribution in [-0.2, 0) is 9.59 Å². The van der Waals surface area contributed by atoms with Gasteiger partial charge in [-0.05, 0) is 44.0 Å². The molecule has 148 valence electrons. The molecule has 6 nitrogen and oxygen atoms in total. The topological polar surface area (TPSA) is 75.7 Å². The minimum absolute atomic E-state index is 0.228. The van der Waals surface area contributed by atoms with E-state index in [2.05, 4.69) is 5.32 Å². The number of imide groups is 1. The van der Waals surface area contributed by atoms with Gasteiger partial charge in [0, 0.05) is 11.8 Å². The van der Waals surface area contributed by atoms with Gasteiger partial charge in [0.15, 0.2) is 0 Å². The summed E-state index contributed by atoms with van der Waals surface area (Å²) < 4.78 is 5.18. The van der Waals surface area contributed by atoms with Gasteiger partial charge in [0.05, 0.1) is 30.2 Å². The monoisotopic (exact) mass is 390 g/mol. The maximum atomic E-state index is 13.0. The number of hydrogen-bond acceptors (Lipinski definition) is 4. The van der Waals surface area contributed by atoms with Gasteiger partial charge in [-0.2, -0.15) is 0 Å². The highest BCUT2D eigenvalue weighted by atomic mass is 16.5. The number of methoxy groups -OCH3 is 1. The van der Waals surface area contributed by atoms with Crippen LogP contribution in [0.4, 0.5) is 11.4 Å². The summed E-state index contributed by atoms with van der Waals surface area (Å²) in [6, 6.07) is 13.7. The van der Waals surface area contributed by atoms with E-state index in [0.29, 0.717) is 30.0 Å². The number of nitrogens with zero attached hydrogens (tertiary/aromatic N) is 1. The van der Waals surface area contributed by atoms with Gasteiger partial charge in [0.1, 0.15) is 5.75 Å². The van der Waals surface area contributed by atoms with Crippen molar-refractivity contribution in [1.82, 2.24) is 0 Å². The molecule has 0 spiro atoms. The molecule has 1 heterocycles. The Kier molecular flexibility index (Phi) is 4.92. The highest BCUT2D eigenvalue weighted by Gasteiger charge is 2.49. The van der Waals surface area contributed by atoms with E-state index in [9.17, 15) is 14.4 Å². The molecule has 0 unspecified atom stereocenters. The first-order valence-corrected chi connectivity index (χ1v) is 9.57. The lowest BCUT2D eigenvalue weighted by molar-refractivity contribution is -0.122. The van der Waals surface area contributed by atoms with Crippen molar-refractivity contribution in [3.05, 3.63) is 65.7 Å². The first-order valence-electron chi connectivity index (χ1n) is 9.57. The van der Waals surface area contributed by atoms with Gasteiger partial charge in [-0.3, -0.25) is 14.4 Å². The summed E-state index contributed by atoms with van der Waals surface area (Å²) in [4.78, 5) is 40.2. The van der Waals surface area contributed by atoms with E-state index in [1.54, 1.807) is 55.6 Å². The number of benzene rings is 2. The molecule has 1 N–H and O–H groups in total. The summed E-state index contributed by atoms with van der Waals surface area (Å²) in [6.07, 6.45) is 3.18. The average Bonchev–Trinajstić information content (AvgIpc) is 2.97. The Balaban J connectivity index is 1.64. The fourth-order valence-electron chi connectivity index (χ4n) is 4.03. The maximum Gasteiger partial charge on any atom is 0.257 e. The Morgan fingerprint density at radius 2 is 1.83 bits per heavy atom. The van der Waals surface area contributed by atoms with Crippen molar-refractivity contribution in [2.75, 3.05) is 17.3 Å². The third kappa shape index (κ3) is 3.42. The van der Waals surface area contributed by atoms with Crippen molar-refractivity contribution in [3.63, 3.8) is 0 Å². The maximum absolute atomic E-state index is 13.0. The summed E-state index contributed by atoms with van der Waals surface area (Å²) in [5.41, 5.74) is 2.30. The largest absolute Gasteiger partial charge is 0.497 e. The Hall–Kier alpha value is -3.41. The standard InChI is InChI=1S/C23H22N2O4/c1-14-10-11-17-19(12-14)23(28)25(22(17)27)20-9-4-3-8-18(20)21(26)24-15-6-5-7-16(13-15)29-2/h3-10,13,17,19H,11-12H2,1-2H3,(H,24,26)/t17-,19-/m0/s1. The quantitative estimate of drug-likeness (QED) is 0.637. The Morgan fingerprint density at radius 3 is 2.62 bits per heavy atom. The Bertz CT molecular complexity index is 1030. The van der Waals surface area contributed by atoms with E-state index in [-0.39, 0.29) is 29.2 Å². The summed E-state index contributed by atoms with van der Waals surface area (Å²) in [7, 11) is 1.55. The van der Waals surface area contributed by atoms with E-state index in [0.717, 1.165) is 5.57 Å². The summed E-state index contributed by atoms with van der Waals surface area (Å²) in [6.45, 7) is 1.98. The number of ether oxygens (including phenoxy) is 1. The molecule has 29 heavy (non-hydrogen) atoms. The number of rotatable bonds is 4. The van der Waals surface area contributed by atoms with E-state index in [1.807, 2.05) is 13.0 Å². The van der Waals surface area contributed by atoms with Crippen LogP contribution in [0.15, 0.2) is 60.2 Å². The third-order valence-corrected chi connectivity index (χ3v) is 5.54. The van der Waals surface area contributed by atoms with Crippen LogP contribution in [0.5, 0.6) is 5.75 Å². The van der Waals surface area contributed by atoms with Gasteiger partial charge in [-0.25, -0.2) is 4.90 Å². The molecule has 0 aromatic heterocycles. The lowest BCUT2D eigenvalue weighted by Gasteiger charge is -2.19. The van der Waals surface area contributed by atoms with Crippen LogP contribution in [0, 0.1) is 11.8 Å². The van der Waals surface area contributed by atoms with Gasteiger partial charge in [-0.15, -0.1) is 0 Å². The molecule has 0 bridgehead atoms. The highest BCUT2D eigenvalue weighted by Crippen LogP contribution is 2.40. The second kappa shape index (κ2) is 7.54. The molecule has 4 rings (SSSR count). The van der Waals surface area contributed by atoms with Crippen molar-refractivity contribution in [3.8, 4) is 5.75 Å². The predicted molar refractivity (Wildman–Crippen MR) is 110 cm³/mol. The smallest absolute Gasteiger partial charge is 0.257 e. The number of carbonyl (C=O) groups is 3. The van der Waals surface area contributed by atoms with Gasteiger partial charge in [0.25, 0.3) is 5.91 Å². The highest BCUT2D eigenvalue weighted by molar-refractivity contribution is 6.25. The fraction of sp³-hybridized carbons (Fsp3) is 0.261. The lowest BCUT2D eigenvalue weighted by atomic mass is 9.82. The van der Waals surface area contributed by atoms with Crippen LogP contribution in [0.3, 0.4) is 0 Å². The normalized spacial score (nSPS) is 20.9. The molecule has 0 saturated carbocycles. The Morgan fingerprint density at radius 1 is 1.07 bits per heavy atom.